The van der Waals surface area contributed by atoms with E-state index in [-0.39, 0.29) is 25.5 Å². The van der Waals surface area contributed by atoms with Gasteiger partial charge in [0, 0.05) is 10.0 Å². The molecule has 6 heteroatoms. The van der Waals surface area contributed by atoms with Crippen LogP contribution >= 0.6 is 15.9 Å². The fraction of sp³-hybridized carbons (Fsp3) is 0.222. The minimum atomic E-state index is -0.462. The normalized spacial score (nSPS) is 13.7. The van der Waals surface area contributed by atoms with E-state index in [4.69, 9.17) is 9.47 Å². The van der Waals surface area contributed by atoms with Gasteiger partial charge in [-0.2, -0.15) is 0 Å². The van der Waals surface area contributed by atoms with Crippen LogP contribution < -0.4 is 9.64 Å². The van der Waals surface area contributed by atoms with Gasteiger partial charge < -0.3 is 9.47 Å². The summed E-state index contributed by atoms with van der Waals surface area (Å²) in [6.45, 7) is 0.322. The van der Waals surface area contributed by atoms with Gasteiger partial charge in [0.05, 0.1) is 18.7 Å². The summed E-state index contributed by atoms with van der Waals surface area (Å²) < 4.78 is 11.7. The number of benzene rings is 2. The number of nitrogens with zero attached hydrogens (tertiary/aromatic N) is 1. The number of amides is 1. The zero-order chi connectivity index (χ0) is 16.9. The Kier molecular flexibility index (Phi) is 5.15. The molecule has 0 N–H and O–H groups in total. The molecule has 124 valence electrons. The van der Waals surface area contributed by atoms with E-state index in [9.17, 15) is 9.59 Å². The highest BCUT2D eigenvalue weighted by atomic mass is 79.9. The number of anilines is 1. The van der Waals surface area contributed by atoms with Crippen LogP contribution in [0.5, 0.6) is 5.75 Å². The Morgan fingerprint density at radius 3 is 2.75 bits per heavy atom. The number of carbonyl (C=O) groups excluding carboxylic acids is 2. The fourth-order valence-corrected chi connectivity index (χ4v) is 2.84. The summed E-state index contributed by atoms with van der Waals surface area (Å²) in [5.74, 6) is -0.0180. The third-order valence-corrected chi connectivity index (χ3v) is 4.44. The average Bonchev–Trinajstić information content (AvgIpc) is 2.74. The Bertz CT molecular complexity index is 762. The van der Waals surface area contributed by atoms with Crippen molar-refractivity contribution in [3.63, 3.8) is 0 Å². The number of para-hydroxylation sites is 2. The van der Waals surface area contributed by atoms with Crippen LogP contribution in [0.15, 0.2) is 53.0 Å². The molecule has 0 atom stereocenters. The van der Waals surface area contributed by atoms with E-state index in [1.165, 1.54) is 4.90 Å². The molecule has 0 spiro atoms. The first-order valence-corrected chi connectivity index (χ1v) is 8.35. The van der Waals surface area contributed by atoms with Crippen LogP contribution in [0, 0.1) is 0 Å². The number of esters is 1. The van der Waals surface area contributed by atoms with Crippen molar-refractivity contribution in [1.82, 2.24) is 0 Å². The highest BCUT2D eigenvalue weighted by Crippen LogP contribution is 2.30. The van der Waals surface area contributed by atoms with Crippen LogP contribution in [-0.4, -0.2) is 25.0 Å². The van der Waals surface area contributed by atoms with Crippen LogP contribution in [-0.2, 0) is 20.9 Å². The SMILES string of the molecule is O=C(CN1C(=O)CCOc2ccccc21)OCc1ccccc1Br. The highest BCUT2D eigenvalue weighted by molar-refractivity contribution is 9.10. The maximum atomic E-state index is 12.3. The zero-order valence-corrected chi connectivity index (χ0v) is 14.5. The van der Waals surface area contributed by atoms with Crippen LogP contribution in [0.25, 0.3) is 0 Å². The predicted molar refractivity (Wildman–Crippen MR) is 92.8 cm³/mol. The lowest BCUT2D eigenvalue weighted by Crippen LogP contribution is -2.36. The van der Waals surface area contributed by atoms with Gasteiger partial charge in [0.15, 0.2) is 0 Å². The molecular weight excluding hydrogens is 374 g/mol. The lowest BCUT2D eigenvalue weighted by molar-refractivity contribution is -0.144. The van der Waals surface area contributed by atoms with Gasteiger partial charge in [-0.3, -0.25) is 14.5 Å². The zero-order valence-electron chi connectivity index (χ0n) is 12.9. The lowest BCUT2D eigenvalue weighted by atomic mass is 10.2. The topological polar surface area (TPSA) is 55.8 Å². The Balaban J connectivity index is 1.69. The van der Waals surface area contributed by atoms with Crippen molar-refractivity contribution in [2.24, 2.45) is 0 Å². The lowest BCUT2D eigenvalue weighted by Gasteiger charge is -2.20. The highest BCUT2D eigenvalue weighted by Gasteiger charge is 2.25. The molecule has 0 radical (unpaired) electrons. The largest absolute Gasteiger partial charge is 0.491 e. The summed E-state index contributed by atoms with van der Waals surface area (Å²) in [4.78, 5) is 25.9. The molecule has 0 aromatic heterocycles. The minimum absolute atomic E-state index is 0.135. The van der Waals surface area contributed by atoms with Crippen molar-refractivity contribution in [3.05, 3.63) is 58.6 Å². The third kappa shape index (κ3) is 3.76. The molecule has 2 aromatic carbocycles. The van der Waals surface area contributed by atoms with E-state index in [0.29, 0.717) is 18.0 Å². The summed E-state index contributed by atoms with van der Waals surface area (Å²) >= 11 is 3.41. The summed E-state index contributed by atoms with van der Waals surface area (Å²) in [6, 6.07) is 14.7. The summed E-state index contributed by atoms with van der Waals surface area (Å²) in [7, 11) is 0. The maximum absolute atomic E-state index is 12.3. The number of rotatable bonds is 4. The van der Waals surface area contributed by atoms with Crippen molar-refractivity contribution in [3.8, 4) is 5.75 Å². The van der Waals surface area contributed by atoms with E-state index in [0.717, 1.165) is 10.0 Å². The maximum Gasteiger partial charge on any atom is 0.326 e. The van der Waals surface area contributed by atoms with Gasteiger partial charge in [0.25, 0.3) is 0 Å². The molecule has 2 aromatic rings. The van der Waals surface area contributed by atoms with Crippen LogP contribution in [0.4, 0.5) is 5.69 Å². The van der Waals surface area contributed by atoms with E-state index in [1.807, 2.05) is 30.3 Å². The molecule has 5 nitrogen and oxygen atoms in total. The molecule has 1 aliphatic heterocycles. The van der Waals surface area contributed by atoms with Gasteiger partial charge in [-0.05, 0) is 18.2 Å². The quantitative estimate of drug-likeness (QED) is 0.752. The van der Waals surface area contributed by atoms with Crippen molar-refractivity contribution < 1.29 is 19.1 Å². The van der Waals surface area contributed by atoms with Gasteiger partial charge in [-0.15, -0.1) is 0 Å². The standard InChI is InChI=1S/C18H16BrNO4/c19-14-6-2-1-5-13(14)12-24-18(22)11-20-15-7-3-4-8-16(15)23-10-9-17(20)21/h1-8H,9-12H2. The molecule has 0 saturated carbocycles. The molecule has 0 bridgehead atoms. The minimum Gasteiger partial charge on any atom is -0.491 e. The Morgan fingerprint density at radius 1 is 1.17 bits per heavy atom. The molecule has 1 amide bonds. The Hall–Kier alpha value is -2.34. The van der Waals surface area contributed by atoms with E-state index in [2.05, 4.69) is 15.9 Å². The number of ether oxygens (including phenoxy) is 2. The van der Waals surface area contributed by atoms with Crippen molar-refractivity contribution >= 4 is 33.5 Å². The van der Waals surface area contributed by atoms with E-state index < -0.39 is 5.97 Å². The number of hydrogen-bond donors (Lipinski definition) is 0. The molecule has 0 fully saturated rings. The Labute approximate surface area is 148 Å². The summed E-state index contributed by atoms with van der Waals surface area (Å²) in [5.41, 5.74) is 1.47. The van der Waals surface area contributed by atoms with Crippen LogP contribution in [0.2, 0.25) is 0 Å². The van der Waals surface area contributed by atoms with Crippen molar-refractivity contribution in [2.45, 2.75) is 13.0 Å². The predicted octanol–water partition coefficient (Wildman–Crippen LogP) is 3.31. The fourth-order valence-electron chi connectivity index (χ4n) is 2.44. The molecule has 1 aliphatic rings. The van der Waals surface area contributed by atoms with Crippen molar-refractivity contribution in [1.29, 1.82) is 0 Å². The summed E-state index contributed by atoms with van der Waals surface area (Å²) in [6.07, 6.45) is 0.228. The van der Waals surface area contributed by atoms with Gasteiger partial charge in [-0.25, -0.2) is 0 Å². The smallest absolute Gasteiger partial charge is 0.326 e. The Morgan fingerprint density at radius 2 is 1.92 bits per heavy atom. The molecule has 0 unspecified atom stereocenters. The first-order valence-electron chi connectivity index (χ1n) is 7.56. The molecular formula is C18H16BrNO4. The molecule has 0 aliphatic carbocycles. The second kappa shape index (κ2) is 7.49. The van der Waals surface area contributed by atoms with E-state index in [1.54, 1.807) is 18.2 Å². The van der Waals surface area contributed by atoms with Gasteiger partial charge >= 0.3 is 5.97 Å². The number of halogens is 1. The van der Waals surface area contributed by atoms with Crippen LogP contribution in [0.1, 0.15) is 12.0 Å². The molecule has 3 rings (SSSR count). The third-order valence-electron chi connectivity index (χ3n) is 3.66. The number of hydrogen-bond acceptors (Lipinski definition) is 4. The number of carbonyl (C=O) groups is 2. The first-order chi connectivity index (χ1) is 11.6. The van der Waals surface area contributed by atoms with Gasteiger partial charge in [-0.1, -0.05) is 46.3 Å². The van der Waals surface area contributed by atoms with Gasteiger partial charge in [0.2, 0.25) is 5.91 Å². The van der Waals surface area contributed by atoms with Crippen LogP contribution in [0.3, 0.4) is 0 Å². The van der Waals surface area contributed by atoms with Gasteiger partial charge in [0.1, 0.15) is 18.9 Å². The second-order valence-electron chi connectivity index (χ2n) is 5.30. The first kappa shape index (κ1) is 16.5. The average molecular weight is 390 g/mol. The molecule has 0 saturated heterocycles. The monoisotopic (exact) mass is 389 g/mol. The summed E-state index contributed by atoms with van der Waals surface area (Å²) in [5, 5.41) is 0. The molecule has 24 heavy (non-hydrogen) atoms. The number of fused-ring (bicyclic) bond motifs is 1. The molecule has 1 heterocycles. The van der Waals surface area contributed by atoms with Crippen molar-refractivity contribution in [2.75, 3.05) is 18.1 Å². The second-order valence-corrected chi connectivity index (χ2v) is 6.15. The van der Waals surface area contributed by atoms with E-state index >= 15 is 0 Å².